The first-order valence-electron chi connectivity index (χ1n) is 3.39. The molecule has 0 saturated carbocycles. The standard InChI is InChI=1S/C6H8F3N3/c1-4(2)12-5(6(7,8)9)10-3-11-12/h3-4H,1-2H3. The Morgan fingerprint density at radius 2 is 2.00 bits per heavy atom. The van der Waals surface area contributed by atoms with Crippen molar-refractivity contribution in [3.63, 3.8) is 0 Å². The van der Waals surface area contributed by atoms with E-state index in [0.717, 1.165) is 11.0 Å². The Balaban J connectivity index is 3.08. The molecule has 0 fully saturated rings. The molecule has 0 atom stereocenters. The van der Waals surface area contributed by atoms with Crippen LogP contribution < -0.4 is 0 Å². The molecule has 1 aromatic rings. The summed E-state index contributed by atoms with van der Waals surface area (Å²) in [6, 6.07) is -0.330. The molecule has 3 nitrogen and oxygen atoms in total. The predicted octanol–water partition coefficient (Wildman–Crippen LogP) is 1.88. The summed E-state index contributed by atoms with van der Waals surface area (Å²) in [4.78, 5) is 3.14. The summed E-state index contributed by atoms with van der Waals surface area (Å²) < 4.78 is 37.2. The highest BCUT2D eigenvalue weighted by molar-refractivity contribution is 4.91. The van der Waals surface area contributed by atoms with Gasteiger partial charge in [0.15, 0.2) is 0 Å². The van der Waals surface area contributed by atoms with Gasteiger partial charge < -0.3 is 0 Å². The van der Waals surface area contributed by atoms with Gasteiger partial charge in [0.25, 0.3) is 0 Å². The number of halogens is 3. The number of nitrogens with zero attached hydrogens (tertiary/aromatic N) is 3. The minimum absolute atomic E-state index is 0.330. The maximum Gasteiger partial charge on any atom is 0.451 e. The largest absolute Gasteiger partial charge is 0.451 e. The van der Waals surface area contributed by atoms with E-state index in [-0.39, 0.29) is 6.04 Å². The Hall–Kier alpha value is -1.07. The van der Waals surface area contributed by atoms with E-state index >= 15 is 0 Å². The van der Waals surface area contributed by atoms with Crippen LogP contribution in [0.3, 0.4) is 0 Å². The van der Waals surface area contributed by atoms with Gasteiger partial charge >= 0.3 is 6.18 Å². The zero-order chi connectivity index (χ0) is 9.35. The van der Waals surface area contributed by atoms with Crippen LogP contribution in [0.4, 0.5) is 13.2 Å². The minimum Gasteiger partial charge on any atom is -0.240 e. The fourth-order valence-corrected chi connectivity index (χ4v) is 0.831. The van der Waals surface area contributed by atoms with Crippen LogP contribution in [0.5, 0.6) is 0 Å². The number of hydrogen-bond donors (Lipinski definition) is 0. The van der Waals surface area contributed by atoms with Gasteiger partial charge in [-0.15, -0.1) is 0 Å². The lowest BCUT2D eigenvalue weighted by Crippen LogP contribution is -2.17. The summed E-state index contributed by atoms with van der Waals surface area (Å²) in [5, 5.41) is 3.47. The van der Waals surface area contributed by atoms with Crippen molar-refractivity contribution in [1.82, 2.24) is 14.8 Å². The Labute approximate surface area is 67.2 Å². The average molecular weight is 179 g/mol. The molecule has 0 bridgehead atoms. The van der Waals surface area contributed by atoms with Gasteiger partial charge in [-0.2, -0.15) is 18.3 Å². The molecular formula is C6H8F3N3. The molecule has 0 spiro atoms. The van der Waals surface area contributed by atoms with Crippen molar-refractivity contribution >= 4 is 0 Å². The van der Waals surface area contributed by atoms with E-state index in [1.54, 1.807) is 13.8 Å². The highest BCUT2D eigenvalue weighted by Gasteiger charge is 2.37. The normalized spacial score (nSPS) is 12.5. The third-order valence-corrected chi connectivity index (χ3v) is 1.32. The Bertz CT molecular complexity index is 263. The van der Waals surface area contributed by atoms with Gasteiger partial charge in [-0.3, -0.25) is 0 Å². The van der Waals surface area contributed by atoms with Crippen LogP contribution in [0, 0.1) is 0 Å². The minimum atomic E-state index is -4.42. The zero-order valence-electron chi connectivity index (χ0n) is 6.63. The topological polar surface area (TPSA) is 30.7 Å². The molecule has 12 heavy (non-hydrogen) atoms. The van der Waals surface area contributed by atoms with Crippen LogP contribution in [0.25, 0.3) is 0 Å². The quantitative estimate of drug-likeness (QED) is 0.658. The zero-order valence-corrected chi connectivity index (χ0v) is 6.63. The van der Waals surface area contributed by atoms with Gasteiger partial charge in [-0.1, -0.05) is 0 Å². The van der Waals surface area contributed by atoms with E-state index in [1.807, 2.05) is 0 Å². The SMILES string of the molecule is CC(C)n1ncnc1C(F)(F)F. The smallest absolute Gasteiger partial charge is 0.240 e. The Morgan fingerprint density at radius 3 is 2.33 bits per heavy atom. The average Bonchev–Trinajstić information content (AvgIpc) is 2.30. The van der Waals surface area contributed by atoms with Crippen LogP contribution in [0.15, 0.2) is 6.33 Å². The Kier molecular flexibility index (Phi) is 2.08. The second kappa shape index (κ2) is 2.76. The van der Waals surface area contributed by atoms with E-state index in [4.69, 9.17) is 0 Å². The van der Waals surface area contributed by atoms with Gasteiger partial charge in [0.05, 0.1) is 0 Å². The van der Waals surface area contributed by atoms with Gasteiger partial charge in [0.1, 0.15) is 6.33 Å². The molecule has 0 saturated heterocycles. The van der Waals surface area contributed by atoms with Crippen molar-refractivity contribution < 1.29 is 13.2 Å². The summed E-state index contributed by atoms with van der Waals surface area (Å²) in [6.07, 6.45) is -3.51. The summed E-state index contributed by atoms with van der Waals surface area (Å²) in [5.41, 5.74) is 0. The molecule has 0 aromatic carbocycles. The fourth-order valence-electron chi connectivity index (χ4n) is 0.831. The van der Waals surface area contributed by atoms with Crippen molar-refractivity contribution in [1.29, 1.82) is 0 Å². The molecule has 68 valence electrons. The lowest BCUT2D eigenvalue weighted by molar-refractivity contribution is -0.148. The van der Waals surface area contributed by atoms with E-state index in [2.05, 4.69) is 10.1 Å². The second-order valence-electron chi connectivity index (χ2n) is 2.62. The fraction of sp³-hybridized carbons (Fsp3) is 0.667. The first kappa shape index (κ1) is 9.02. The lowest BCUT2D eigenvalue weighted by Gasteiger charge is -2.10. The lowest BCUT2D eigenvalue weighted by atomic mass is 10.4. The number of alkyl halides is 3. The molecule has 1 rings (SSSR count). The van der Waals surface area contributed by atoms with Crippen molar-refractivity contribution in [3.05, 3.63) is 12.2 Å². The molecule has 0 unspecified atom stereocenters. The summed E-state index contributed by atoms with van der Waals surface area (Å²) in [5.74, 6) is -0.947. The second-order valence-corrected chi connectivity index (χ2v) is 2.62. The highest BCUT2D eigenvalue weighted by Crippen LogP contribution is 2.28. The summed E-state index contributed by atoms with van der Waals surface area (Å²) >= 11 is 0. The molecule has 0 N–H and O–H groups in total. The number of hydrogen-bond acceptors (Lipinski definition) is 2. The number of aromatic nitrogens is 3. The monoisotopic (exact) mass is 179 g/mol. The van der Waals surface area contributed by atoms with Crippen LogP contribution in [0.2, 0.25) is 0 Å². The number of rotatable bonds is 1. The molecule has 0 aliphatic heterocycles. The molecule has 1 heterocycles. The first-order valence-corrected chi connectivity index (χ1v) is 3.39. The van der Waals surface area contributed by atoms with Gasteiger partial charge in [-0.05, 0) is 13.8 Å². The summed E-state index contributed by atoms with van der Waals surface area (Å²) in [7, 11) is 0. The maximum atomic E-state index is 12.1. The highest BCUT2D eigenvalue weighted by atomic mass is 19.4. The van der Waals surface area contributed by atoms with E-state index in [9.17, 15) is 13.2 Å². The molecule has 0 amide bonds. The molecule has 0 radical (unpaired) electrons. The molecular weight excluding hydrogens is 171 g/mol. The van der Waals surface area contributed by atoms with E-state index in [1.165, 1.54) is 0 Å². The molecule has 0 aliphatic carbocycles. The van der Waals surface area contributed by atoms with Gasteiger partial charge in [0.2, 0.25) is 5.82 Å². The van der Waals surface area contributed by atoms with Crippen LogP contribution in [-0.2, 0) is 6.18 Å². The van der Waals surface area contributed by atoms with Crippen LogP contribution >= 0.6 is 0 Å². The van der Waals surface area contributed by atoms with E-state index in [0.29, 0.717) is 0 Å². The van der Waals surface area contributed by atoms with Gasteiger partial charge in [-0.25, -0.2) is 9.67 Å². The van der Waals surface area contributed by atoms with Gasteiger partial charge in [0, 0.05) is 6.04 Å². The predicted molar refractivity (Wildman–Crippen MR) is 35.4 cm³/mol. The molecule has 6 heteroatoms. The van der Waals surface area contributed by atoms with Crippen molar-refractivity contribution in [2.45, 2.75) is 26.1 Å². The molecule has 1 aromatic heterocycles. The first-order chi connectivity index (χ1) is 5.43. The van der Waals surface area contributed by atoms with Crippen molar-refractivity contribution in [2.24, 2.45) is 0 Å². The van der Waals surface area contributed by atoms with Crippen LogP contribution in [0.1, 0.15) is 25.7 Å². The van der Waals surface area contributed by atoms with Crippen molar-refractivity contribution in [3.8, 4) is 0 Å². The van der Waals surface area contributed by atoms with E-state index < -0.39 is 12.0 Å². The van der Waals surface area contributed by atoms with Crippen molar-refractivity contribution in [2.75, 3.05) is 0 Å². The third kappa shape index (κ3) is 1.57. The Morgan fingerprint density at radius 1 is 1.42 bits per heavy atom. The van der Waals surface area contributed by atoms with Crippen LogP contribution in [-0.4, -0.2) is 14.8 Å². The summed E-state index contributed by atoms with van der Waals surface area (Å²) in [6.45, 7) is 3.23. The molecule has 0 aliphatic rings. The third-order valence-electron chi connectivity index (χ3n) is 1.32. The maximum absolute atomic E-state index is 12.1.